The van der Waals surface area contributed by atoms with Crippen LogP contribution in [0, 0.1) is 0 Å². The third-order valence-corrected chi connectivity index (χ3v) is 7.38. The predicted molar refractivity (Wildman–Crippen MR) is 136 cm³/mol. The molecule has 0 spiro atoms. The van der Waals surface area contributed by atoms with Crippen molar-refractivity contribution in [2.24, 2.45) is 0 Å². The van der Waals surface area contributed by atoms with Crippen molar-refractivity contribution >= 4 is 34.8 Å². The van der Waals surface area contributed by atoms with Crippen LogP contribution in [0.15, 0.2) is 58.9 Å². The predicted octanol–water partition coefficient (Wildman–Crippen LogP) is 6.67. The van der Waals surface area contributed by atoms with Crippen LogP contribution in [0.1, 0.15) is 62.5 Å². The first-order chi connectivity index (χ1) is 17.0. The molecular weight excluding hydrogens is 485 g/mol. The van der Waals surface area contributed by atoms with E-state index in [2.05, 4.69) is 5.32 Å². The fraction of sp³-hybridized carbons (Fsp3) is 0.357. The molecule has 0 atom stereocenters. The standard InChI is InChI=1S/C28H27Cl2NO4/c1-2-34-25-13-16(10-12-24(25)35-15-17-9-11-18(29)14-19(17)30)26-27-20(5-3-7-22(27)32)31-21-6-4-8-23(33)28(21)26/h9-14,26,31H,2-8,15H2,1H3. The Morgan fingerprint density at radius 3 is 2.17 bits per heavy atom. The number of nitrogens with one attached hydrogen (secondary N) is 1. The summed E-state index contributed by atoms with van der Waals surface area (Å²) in [6, 6.07) is 11.0. The van der Waals surface area contributed by atoms with Gasteiger partial charge in [0.25, 0.3) is 0 Å². The van der Waals surface area contributed by atoms with E-state index in [1.54, 1.807) is 12.1 Å². The summed E-state index contributed by atoms with van der Waals surface area (Å²) in [5.74, 6) is 1.00. The lowest BCUT2D eigenvalue weighted by Gasteiger charge is -2.37. The van der Waals surface area contributed by atoms with Crippen LogP contribution in [0.25, 0.3) is 0 Å². The number of halogens is 2. The molecule has 0 radical (unpaired) electrons. The Morgan fingerprint density at radius 1 is 0.857 bits per heavy atom. The number of ketones is 2. The third kappa shape index (κ3) is 4.72. The number of dihydropyridines is 1. The quantitative estimate of drug-likeness (QED) is 0.468. The van der Waals surface area contributed by atoms with Gasteiger partial charge in [0.1, 0.15) is 6.61 Å². The van der Waals surface area contributed by atoms with Crippen LogP contribution in [-0.4, -0.2) is 18.2 Å². The summed E-state index contributed by atoms with van der Waals surface area (Å²) in [6.45, 7) is 2.62. The normalized spacial score (nSPS) is 18.3. The minimum atomic E-state index is -0.374. The van der Waals surface area contributed by atoms with Crippen molar-refractivity contribution in [3.05, 3.63) is 80.1 Å². The second kappa shape index (κ2) is 10.1. The largest absolute Gasteiger partial charge is 0.490 e. The Hall–Kier alpha value is -2.76. The van der Waals surface area contributed by atoms with Gasteiger partial charge in [0.05, 0.1) is 6.61 Å². The molecular formula is C28H27Cl2NO4. The number of allylic oxidation sites excluding steroid dienone is 4. The first kappa shape index (κ1) is 24.0. The van der Waals surface area contributed by atoms with Crippen molar-refractivity contribution in [1.82, 2.24) is 5.32 Å². The van der Waals surface area contributed by atoms with Gasteiger partial charge in [0, 0.05) is 56.9 Å². The molecule has 0 aromatic heterocycles. The average molecular weight is 512 g/mol. The van der Waals surface area contributed by atoms with Gasteiger partial charge < -0.3 is 14.8 Å². The molecule has 0 amide bonds. The summed E-state index contributed by atoms with van der Waals surface area (Å²) in [5, 5.41) is 4.56. The van der Waals surface area contributed by atoms with Gasteiger partial charge in [-0.25, -0.2) is 0 Å². The lowest BCUT2D eigenvalue weighted by atomic mass is 9.71. The zero-order chi connectivity index (χ0) is 24.5. The lowest BCUT2D eigenvalue weighted by molar-refractivity contribution is -0.116. The van der Waals surface area contributed by atoms with E-state index in [1.807, 2.05) is 31.2 Å². The zero-order valence-corrected chi connectivity index (χ0v) is 21.1. The minimum absolute atomic E-state index is 0.115. The highest BCUT2D eigenvalue weighted by Crippen LogP contribution is 2.46. The van der Waals surface area contributed by atoms with Gasteiger partial charge in [-0.15, -0.1) is 0 Å². The van der Waals surface area contributed by atoms with Crippen molar-refractivity contribution in [2.75, 3.05) is 6.61 Å². The lowest BCUT2D eigenvalue weighted by Crippen LogP contribution is -2.36. The Kier molecular flexibility index (Phi) is 6.90. The summed E-state index contributed by atoms with van der Waals surface area (Å²) in [4.78, 5) is 26.2. The summed E-state index contributed by atoms with van der Waals surface area (Å²) in [5.41, 5.74) is 5.08. The van der Waals surface area contributed by atoms with E-state index in [4.69, 9.17) is 32.7 Å². The minimum Gasteiger partial charge on any atom is -0.490 e. The highest BCUT2D eigenvalue weighted by molar-refractivity contribution is 6.35. The maximum atomic E-state index is 13.1. The Bertz CT molecular complexity index is 1220. The van der Waals surface area contributed by atoms with E-state index in [9.17, 15) is 9.59 Å². The zero-order valence-electron chi connectivity index (χ0n) is 19.6. The Balaban J connectivity index is 1.52. The van der Waals surface area contributed by atoms with E-state index in [1.165, 1.54) is 0 Å². The van der Waals surface area contributed by atoms with Crippen LogP contribution in [-0.2, 0) is 16.2 Å². The third-order valence-electron chi connectivity index (χ3n) is 6.79. The van der Waals surface area contributed by atoms with Gasteiger partial charge in [-0.05, 0) is 62.4 Å². The monoisotopic (exact) mass is 511 g/mol. The molecule has 182 valence electrons. The maximum Gasteiger partial charge on any atom is 0.161 e. The molecule has 7 heteroatoms. The average Bonchev–Trinajstić information content (AvgIpc) is 2.83. The Labute approximate surface area is 215 Å². The van der Waals surface area contributed by atoms with Gasteiger partial charge in [-0.1, -0.05) is 35.3 Å². The highest BCUT2D eigenvalue weighted by Gasteiger charge is 2.40. The first-order valence-electron chi connectivity index (χ1n) is 12.1. The summed E-state index contributed by atoms with van der Waals surface area (Å²) in [6.07, 6.45) is 4.33. The van der Waals surface area contributed by atoms with Crippen LogP contribution in [0.4, 0.5) is 0 Å². The number of rotatable bonds is 6. The molecule has 1 N–H and O–H groups in total. The molecule has 2 aromatic carbocycles. The molecule has 0 fully saturated rings. The molecule has 1 heterocycles. The smallest absolute Gasteiger partial charge is 0.161 e. The van der Waals surface area contributed by atoms with Crippen LogP contribution in [0.3, 0.4) is 0 Å². The van der Waals surface area contributed by atoms with Crippen LogP contribution >= 0.6 is 23.2 Å². The van der Waals surface area contributed by atoms with Crippen molar-refractivity contribution in [3.8, 4) is 11.5 Å². The second-order valence-electron chi connectivity index (χ2n) is 9.06. The van der Waals surface area contributed by atoms with E-state index in [0.29, 0.717) is 41.0 Å². The van der Waals surface area contributed by atoms with E-state index >= 15 is 0 Å². The van der Waals surface area contributed by atoms with Gasteiger partial charge >= 0.3 is 0 Å². The highest BCUT2D eigenvalue weighted by atomic mass is 35.5. The summed E-state index contributed by atoms with van der Waals surface area (Å²) >= 11 is 12.3. The molecule has 1 aliphatic heterocycles. The molecule has 2 aliphatic carbocycles. The molecule has 3 aliphatic rings. The van der Waals surface area contributed by atoms with Gasteiger partial charge in [0.15, 0.2) is 23.1 Å². The molecule has 0 unspecified atom stereocenters. The molecule has 5 rings (SSSR count). The first-order valence-corrected chi connectivity index (χ1v) is 12.8. The summed E-state index contributed by atoms with van der Waals surface area (Å²) in [7, 11) is 0. The molecule has 2 aromatic rings. The van der Waals surface area contributed by atoms with Crippen LogP contribution in [0.5, 0.6) is 11.5 Å². The van der Waals surface area contributed by atoms with Gasteiger partial charge in [0.2, 0.25) is 0 Å². The van der Waals surface area contributed by atoms with Crippen molar-refractivity contribution in [2.45, 2.75) is 58.0 Å². The number of ether oxygens (including phenoxy) is 2. The Morgan fingerprint density at radius 2 is 1.54 bits per heavy atom. The SMILES string of the molecule is CCOc1cc(C2C3=C(CCCC3=O)NC3=C2C(=O)CCC3)ccc1OCc1ccc(Cl)cc1Cl. The summed E-state index contributed by atoms with van der Waals surface area (Å²) < 4.78 is 12.0. The van der Waals surface area contributed by atoms with Crippen LogP contribution < -0.4 is 14.8 Å². The molecule has 35 heavy (non-hydrogen) atoms. The van der Waals surface area contributed by atoms with Gasteiger partial charge in [-0.2, -0.15) is 0 Å². The van der Waals surface area contributed by atoms with Crippen molar-refractivity contribution in [3.63, 3.8) is 0 Å². The number of Topliss-reactive ketones (excluding diaryl/α,β-unsaturated/α-hetero) is 2. The van der Waals surface area contributed by atoms with Crippen molar-refractivity contribution in [1.29, 1.82) is 0 Å². The number of benzene rings is 2. The van der Waals surface area contributed by atoms with Gasteiger partial charge in [-0.3, -0.25) is 9.59 Å². The molecule has 0 saturated carbocycles. The fourth-order valence-electron chi connectivity index (χ4n) is 5.20. The number of carbonyl (C=O) groups excluding carboxylic acids is 2. The van der Waals surface area contributed by atoms with E-state index in [0.717, 1.165) is 59.4 Å². The molecule has 5 nitrogen and oxygen atoms in total. The molecule has 0 saturated heterocycles. The van der Waals surface area contributed by atoms with E-state index in [-0.39, 0.29) is 24.1 Å². The second-order valence-corrected chi connectivity index (χ2v) is 9.90. The van der Waals surface area contributed by atoms with Crippen molar-refractivity contribution < 1.29 is 19.1 Å². The van der Waals surface area contributed by atoms with E-state index < -0.39 is 0 Å². The number of carbonyl (C=O) groups is 2. The number of hydrogen-bond acceptors (Lipinski definition) is 5. The fourth-order valence-corrected chi connectivity index (χ4v) is 5.67. The topological polar surface area (TPSA) is 64.6 Å². The molecule has 0 bridgehead atoms. The number of hydrogen-bond donors (Lipinski definition) is 1. The van der Waals surface area contributed by atoms with Crippen LogP contribution in [0.2, 0.25) is 10.0 Å². The maximum absolute atomic E-state index is 13.1.